The van der Waals surface area contributed by atoms with Gasteiger partial charge in [0.15, 0.2) is 0 Å². The summed E-state index contributed by atoms with van der Waals surface area (Å²) in [6.45, 7) is 8.23. The van der Waals surface area contributed by atoms with Crippen LogP contribution in [0.4, 0.5) is 4.79 Å². The Morgan fingerprint density at radius 2 is 2.33 bits per heavy atom. The molecule has 1 amide bonds. The van der Waals surface area contributed by atoms with Crippen LogP contribution in [0.25, 0.3) is 11.0 Å². The Kier molecular flexibility index (Phi) is 5.60. The lowest BCUT2D eigenvalue weighted by atomic mass is 10.2. The van der Waals surface area contributed by atoms with E-state index in [0.29, 0.717) is 22.6 Å². The number of nitrogens with one attached hydrogen (secondary N) is 1. The molecule has 0 radical (unpaired) electrons. The van der Waals surface area contributed by atoms with Crippen molar-refractivity contribution in [1.82, 2.24) is 19.9 Å². The zero-order valence-electron chi connectivity index (χ0n) is 14.7. The maximum absolute atomic E-state index is 12.1. The molecule has 0 aliphatic rings. The monoisotopic (exact) mass is 463 g/mol. The van der Waals surface area contributed by atoms with Crippen LogP contribution in [-0.4, -0.2) is 32.3 Å². The second-order valence-electron chi connectivity index (χ2n) is 6.17. The van der Waals surface area contributed by atoms with E-state index in [9.17, 15) is 4.79 Å². The van der Waals surface area contributed by atoms with E-state index in [-0.39, 0.29) is 0 Å². The van der Waals surface area contributed by atoms with E-state index in [2.05, 4.69) is 44.5 Å². The number of aromatic nitrogens is 3. The Bertz CT molecular complexity index is 790. The van der Waals surface area contributed by atoms with Gasteiger partial charge in [-0.15, -0.1) is 6.58 Å². The molecule has 0 spiro atoms. The highest BCUT2D eigenvalue weighted by atomic mass is 127. The average molecular weight is 464 g/mol. The molecule has 2 atom stereocenters. The predicted molar refractivity (Wildman–Crippen MR) is 103 cm³/mol. The molecule has 0 saturated carbocycles. The van der Waals surface area contributed by atoms with Gasteiger partial charge in [-0.2, -0.15) is 0 Å². The van der Waals surface area contributed by atoms with Crippen LogP contribution in [0.2, 0.25) is 5.15 Å². The number of nitrogens with zero attached hydrogens (tertiary/aromatic N) is 3. The minimum Gasteiger partial charge on any atom is -0.444 e. The standard InChI is InChI=1S/C16H20ClIN4O2/c1-5-6-10(21-15(23)24-16(2,3)4)7-22-8-11(18)12-13(17)19-9-20-14(12)22/h5,8-10H,1,6-7H2,2-4H3,(H,21,23)/t10-/m0/s1/i7D/t7?,10-. The fraction of sp³-hybridized carbons (Fsp3) is 0.438. The first-order chi connectivity index (χ1) is 11.6. The average Bonchev–Trinajstić information content (AvgIpc) is 2.82. The van der Waals surface area contributed by atoms with Gasteiger partial charge in [-0.1, -0.05) is 17.7 Å². The van der Waals surface area contributed by atoms with Crippen molar-refractivity contribution >= 4 is 51.3 Å². The Balaban J connectivity index is 2.32. The van der Waals surface area contributed by atoms with Gasteiger partial charge in [-0.05, 0) is 49.8 Å². The smallest absolute Gasteiger partial charge is 0.407 e. The summed E-state index contributed by atoms with van der Waals surface area (Å²) in [5.74, 6) is 0. The van der Waals surface area contributed by atoms with Crippen molar-refractivity contribution in [2.45, 2.75) is 45.4 Å². The Morgan fingerprint density at radius 1 is 1.62 bits per heavy atom. The molecule has 24 heavy (non-hydrogen) atoms. The first kappa shape index (κ1) is 17.5. The topological polar surface area (TPSA) is 69.0 Å². The third kappa shape index (κ3) is 4.83. The van der Waals surface area contributed by atoms with Crippen molar-refractivity contribution in [2.75, 3.05) is 0 Å². The van der Waals surface area contributed by atoms with Crippen LogP contribution in [0.15, 0.2) is 25.2 Å². The zero-order valence-corrected chi connectivity index (χ0v) is 16.6. The first-order valence-electron chi connectivity index (χ1n) is 7.91. The number of fused-ring (bicyclic) bond motifs is 1. The molecular weight excluding hydrogens is 443 g/mol. The van der Waals surface area contributed by atoms with E-state index in [4.69, 9.17) is 17.7 Å². The number of hydrogen-bond acceptors (Lipinski definition) is 4. The molecule has 130 valence electrons. The van der Waals surface area contributed by atoms with Crippen LogP contribution < -0.4 is 5.32 Å². The van der Waals surface area contributed by atoms with E-state index in [1.54, 1.807) is 37.6 Å². The summed E-state index contributed by atoms with van der Waals surface area (Å²) < 4.78 is 16.4. The molecule has 6 nitrogen and oxygen atoms in total. The third-order valence-corrected chi connectivity index (χ3v) is 4.08. The van der Waals surface area contributed by atoms with Crippen molar-refractivity contribution in [1.29, 1.82) is 0 Å². The number of carbonyl (C=O) groups is 1. The van der Waals surface area contributed by atoms with Gasteiger partial charge >= 0.3 is 6.09 Å². The maximum Gasteiger partial charge on any atom is 0.407 e. The Labute approximate surface area is 161 Å². The molecule has 2 heterocycles. The van der Waals surface area contributed by atoms with Crippen molar-refractivity contribution in [3.8, 4) is 0 Å². The van der Waals surface area contributed by atoms with Crippen molar-refractivity contribution in [2.24, 2.45) is 0 Å². The van der Waals surface area contributed by atoms with Crippen LogP contribution in [0, 0.1) is 3.57 Å². The van der Waals surface area contributed by atoms with Gasteiger partial charge in [0.1, 0.15) is 22.7 Å². The van der Waals surface area contributed by atoms with Gasteiger partial charge in [0.25, 0.3) is 0 Å². The van der Waals surface area contributed by atoms with E-state index >= 15 is 0 Å². The quantitative estimate of drug-likeness (QED) is 0.411. The molecule has 0 aromatic carbocycles. The summed E-state index contributed by atoms with van der Waals surface area (Å²) in [6.07, 6.45) is 4.62. The van der Waals surface area contributed by atoms with Crippen LogP contribution in [-0.2, 0) is 11.3 Å². The van der Waals surface area contributed by atoms with E-state index < -0.39 is 24.3 Å². The molecule has 2 rings (SSSR count). The van der Waals surface area contributed by atoms with Crippen LogP contribution >= 0.6 is 34.2 Å². The number of alkyl carbamates (subject to hydrolysis) is 1. The fourth-order valence-corrected chi connectivity index (χ4v) is 3.29. The van der Waals surface area contributed by atoms with E-state index in [1.165, 1.54) is 6.33 Å². The highest BCUT2D eigenvalue weighted by molar-refractivity contribution is 14.1. The van der Waals surface area contributed by atoms with Gasteiger partial charge in [-0.25, -0.2) is 14.8 Å². The van der Waals surface area contributed by atoms with Crippen LogP contribution in [0.1, 0.15) is 28.6 Å². The summed E-state index contributed by atoms with van der Waals surface area (Å²) >= 11 is 8.27. The third-order valence-electron chi connectivity index (χ3n) is 2.98. The lowest BCUT2D eigenvalue weighted by Gasteiger charge is -2.23. The number of hydrogen-bond donors (Lipinski definition) is 1. The summed E-state index contributed by atoms with van der Waals surface area (Å²) in [5, 5.41) is 3.77. The van der Waals surface area contributed by atoms with Gasteiger partial charge in [0.05, 0.1) is 12.8 Å². The molecule has 8 heteroatoms. The Morgan fingerprint density at radius 3 is 2.96 bits per heavy atom. The Hall–Kier alpha value is -1.35. The number of carbonyl (C=O) groups excluding carboxylic acids is 1. The molecule has 2 aromatic heterocycles. The van der Waals surface area contributed by atoms with Gasteiger partial charge in [0.2, 0.25) is 0 Å². The minimum atomic E-state index is -0.831. The molecule has 1 N–H and O–H groups in total. The maximum atomic E-state index is 12.1. The predicted octanol–water partition coefficient (Wildman–Crippen LogP) is 4.16. The molecule has 2 aromatic rings. The summed E-state index contributed by atoms with van der Waals surface area (Å²) in [4.78, 5) is 20.3. The molecule has 0 bridgehead atoms. The normalized spacial score (nSPS) is 14.8. The molecule has 0 aliphatic carbocycles. The SMILES string of the molecule is [2H]C([C@H](CC=C)NC(=O)OC(C)(C)C)n1cc(I)c2c(Cl)ncnc21. The fourth-order valence-electron chi connectivity index (χ4n) is 2.11. The molecule has 0 fully saturated rings. The number of halogens is 2. The number of rotatable bonds is 5. The van der Waals surface area contributed by atoms with Gasteiger partial charge in [0, 0.05) is 16.3 Å². The van der Waals surface area contributed by atoms with E-state index in [1.807, 2.05) is 0 Å². The second-order valence-corrected chi connectivity index (χ2v) is 7.69. The zero-order chi connectivity index (χ0) is 18.8. The van der Waals surface area contributed by atoms with Crippen molar-refractivity contribution in [3.63, 3.8) is 0 Å². The van der Waals surface area contributed by atoms with Crippen LogP contribution in [0.3, 0.4) is 0 Å². The highest BCUT2D eigenvalue weighted by Crippen LogP contribution is 2.27. The largest absolute Gasteiger partial charge is 0.444 e. The van der Waals surface area contributed by atoms with Gasteiger partial charge in [-0.3, -0.25) is 0 Å². The summed E-state index contributed by atoms with van der Waals surface area (Å²) in [6, 6.07) is -0.535. The summed E-state index contributed by atoms with van der Waals surface area (Å²) in [7, 11) is 0. The van der Waals surface area contributed by atoms with Crippen molar-refractivity contribution in [3.05, 3.63) is 33.9 Å². The lowest BCUT2D eigenvalue weighted by molar-refractivity contribution is 0.0500. The molecular formula is C16H20ClIN4O2. The number of amides is 1. The summed E-state index contributed by atoms with van der Waals surface area (Å²) in [5.41, 5.74) is -0.0687. The lowest BCUT2D eigenvalue weighted by Crippen LogP contribution is -2.41. The van der Waals surface area contributed by atoms with Crippen molar-refractivity contribution < 1.29 is 10.9 Å². The van der Waals surface area contributed by atoms with Gasteiger partial charge < -0.3 is 14.6 Å². The molecule has 1 unspecified atom stereocenters. The first-order valence-corrected chi connectivity index (χ1v) is 8.79. The molecule has 0 aliphatic heterocycles. The minimum absolute atomic E-state index is 0.334. The van der Waals surface area contributed by atoms with E-state index in [0.717, 1.165) is 3.57 Å². The number of ether oxygens (including phenoxy) is 1. The second kappa shape index (κ2) is 7.69. The highest BCUT2D eigenvalue weighted by Gasteiger charge is 2.20. The van der Waals surface area contributed by atoms with Crippen LogP contribution in [0.5, 0.6) is 0 Å². The molecule has 0 saturated heterocycles.